The third-order valence-corrected chi connectivity index (χ3v) is 4.64. The Labute approximate surface area is 126 Å². The van der Waals surface area contributed by atoms with Crippen molar-refractivity contribution in [2.75, 3.05) is 32.8 Å². The van der Waals surface area contributed by atoms with Crippen LogP contribution < -0.4 is 0 Å². The van der Waals surface area contributed by atoms with Crippen LogP contribution in [0.15, 0.2) is 24.3 Å². The van der Waals surface area contributed by atoms with Crippen molar-refractivity contribution in [1.29, 1.82) is 0 Å². The highest BCUT2D eigenvalue weighted by Crippen LogP contribution is 2.31. The summed E-state index contributed by atoms with van der Waals surface area (Å²) in [6, 6.07) is 8.28. The first-order valence-corrected chi connectivity index (χ1v) is 7.98. The number of hydrogen-bond acceptors (Lipinski definition) is 4. The Morgan fingerprint density at radius 3 is 2.33 bits per heavy atom. The van der Waals surface area contributed by atoms with Crippen molar-refractivity contribution >= 4 is 0 Å². The van der Waals surface area contributed by atoms with E-state index in [2.05, 4.69) is 24.0 Å². The fourth-order valence-electron chi connectivity index (χ4n) is 3.19. The van der Waals surface area contributed by atoms with Crippen LogP contribution in [0, 0.1) is 0 Å². The van der Waals surface area contributed by atoms with Crippen molar-refractivity contribution in [3.63, 3.8) is 0 Å². The van der Waals surface area contributed by atoms with Gasteiger partial charge in [-0.2, -0.15) is 0 Å². The van der Waals surface area contributed by atoms with Crippen molar-refractivity contribution < 1.29 is 14.6 Å². The van der Waals surface area contributed by atoms with Gasteiger partial charge in [0.2, 0.25) is 0 Å². The van der Waals surface area contributed by atoms with Crippen LogP contribution >= 0.6 is 0 Å². The van der Waals surface area contributed by atoms with Crippen LogP contribution in [0.4, 0.5) is 0 Å². The van der Waals surface area contributed by atoms with Crippen LogP contribution in [0.5, 0.6) is 0 Å². The molecule has 0 saturated carbocycles. The van der Waals surface area contributed by atoms with Crippen molar-refractivity contribution in [1.82, 2.24) is 4.90 Å². The number of aliphatic hydroxyl groups is 1. The predicted octanol–water partition coefficient (Wildman–Crippen LogP) is 2.12. The summed E-state index contributed by atoms with van der Waals surface area (Å²) in [6.45, 7) is 6.09. The SMILES string of the molecule is CCc1ccc(C(O)CN2CCC3(CC2)OCCO3)cc1. The molecule has 0 aliphatic carbocycles. The summed E-state index contributed by atoms with van der Waals surface area (Å²) < 4.78 is 11.5. The number of likely N-dealkylation sites (tertiary alicyclic amines) is 1. The minimum Gasteiger partial charge on any atom is -0.387 e. The number of β-amino-alcohol motifs (C(OH)–C–C–N with tert-alkyl or cyclic N) is 1. The number of hydrogen-bond donors (Lipinski definition) is 1. The van der Waals surface area contributed by atoms with Gasteiger partial charge in [-0.1, -0.05) is 31.2 Å². The van der Waals surface area contributed by atoms with Gasteiger partial charge in [0, 0.05) is 32.5 Å². The second kappa shape index (κ2) is 6.44. The molecule has 116 valence electrons. The highest BCUT2D eigenvalue weighted by molar-refractivity contribution is 5.24. The Bertz CT molecular complexity index is 444. The zero-order valence-corrected chi connectivity index (χ0v) is 12.8. The van der Waals surface area contributed by atoms with Gasteiger partial charge >= 0.3 is 0 Å². The van der Waals surface area contributed by atoms with Gasteiger partial charge in [0.25, 0.3) is 0 Å². The molecule has 1 N–H and O–H groups in total. The number of nitrogens with zero attached hydrogens (tertiary/aromatic N) is 1. The van der Waals surface area contributed by atoms with Crippen LogP contribution in [-0.2, 0) is 15.9 Å². The first kappa shape index (κ1) is 15.0. The smallest absolute Gasteiger partial charge is 0.170 e. The molecule has 2 fully saturated rings. The summed E-state index contributed by atoms with van der Waals surface area (Å²) in [5, 5.41) is 10.4. The maximum atomic E-state index is 10.4. The van der Waals surface area contributed by atoms with E-state index in [-0.39, 0.29) is 5.79 Å². The molecule has 1 spiro atoms. The molecule has 1 aromatic carbocycles. The van der Waals surface area contributed by atoms with Crippen molar-refractivity contribution in [2.24, 2.45) is 0 Å². The minimum absolute atomic E-state index is 0.329. The zero-order valence-electron chi connectivity index (χ0n) is 12.8. The average Bonchev–Trinajstić information content (AvgIpc) is 2.98. The van der Waals surface area contributed by atoms with Crippen LogP contribution in [0.3, 0.4) is 0 Å². The molecule has 2 aliphatic heterocycles. The Kier molecular flexibility index (Phi) is 4.60. The number of aliphatic hydroxyl groups excluding tert-OH is 1. The molecule has 2 aliphatic rings. The molecule has 1 unspecified atom stereocenters. The van der Waals surface area contributed by atoms with Gasteiger partial charge in [-0.05, 0) is 17.5 Å². The zero-order chi connectivity index (χ0) is 14.7. The summed E-state index contributed by atoms with van der Waals surface area (Å²) in [7, 11) is 0. The molecular formula is C17H25NO3. The van der Waals surface area contributed by atoms with E-state index in [1.54, 1.807) is 0 Å². The lowest BCUT2D eigenvalue weighted by atomic mass is 10.0. The molecular weight excluding hydrogens is 266 g/mol. The monoisotopic (exact) mass is 291 g/mol. The maximum Gasteiger partial charge on any atom is 0.170 e. The normalized spacial score (nSPS) is 23.5. The highest BCUT2D eigenvalue weighted by Gasteiger charge is 2.39. The second-order valence-electron chi connectivity index (χ2n) is 6.02. The topological polar surface area (TPSA) is 41.9 Å². The Morgan fingerprint density at radius 2 is 1.76 bits per heavy atom. The molecule has 4 heteroatoms. The Hall–Kier alpha value is -0.940. The number of aryl methyl sites for hydroxylation is 1. The lowest BCUT2D eigenvalue weighted by Gasteiger charge is -2.38. The Morgan fingerprint density at radius 1 is 1.14 bits per heavy atom. The van der Waals surface area contributed by atoms with E-state index in [4.69, 9.17) is 9.47 Å². The molecule has 3 rings (SSSR count). The Balaban J connectivity index is 1.52. The van der Waals surface area contributed by atoms with Crippen molar-refractivity contribution in [3.05, 3.63) is 35.4 Å². The molecule has 2 saturated heterocycles. The van der Waals surface area contributed by atoms with Gasteiger partial charge in [-0.15, -0.1) is 0 Å². The highest BCUT2D eigenvalue weighted by atomic mass is 16.7. The van der Waals surface area contributed by atoms with Crippen LogP contribution in [0.1, 0.15) is 37.0 Å². The molecule has 1 aromatic rings. The third-order valence-electron chi connectivity index (χ3n) is 4.64. The molecule has 0 aromatic heterocycles. The first-order chi connectivity index (χ1) is 10.2. The van der Waals surface area contributed by atoms with E-state index in [1.165, 1.54) is 5.56 Å². The van der Waals surface area contributed by atoms with Gasteiger partial charge in [-0.3, -0.25) is 0 Å². The quantitative estimate of drug-likeness (QED) is 0.922. The summed E-state index contributed by atoms with van der Waals surface area (Å²) in [5.41, 5.74) is 2.31. The second-order valence-corrected chi connectivity index (χ2v) is 6.02. The fraction of sp³-hybridized carbons (Fsp3) is 0.647. The van der Waals surface area contributed by atoms with Gasteiger partial charge in [0.15, 0.2) is 5.79 Å². The summed E-state index contributed by atoms with van der Waals surface area (Å²) in [5.74, 6) is -0.329. The number of piperidine rings is 1. The van der Waals surface area contributed by atoms with E-state index in [0.29, 0.717) is 19.8 Å². The molecule has 1 atom stereocenters. The van der Waals surface area contributed by atoms with Crippen molar-refractivity contribution in [3.8, 4) is 0 Å². The van der Waals surface area contributed by atoms with Crippen LogP contribution in [-0.4, -0.2) is 48.6 Å². The van der Waals surface area contributed by atoms with Crippen molar-refractivity contribution in [2.45, 2.75) is 38.1 Å². The predicted molar refractivity (Wildman–Crippen MR) is 81.1 cm³/mol. The fourth-order valence-corrected chi connectivity index (χ4v) is 3.19. The number of rotatable bonds is 4. The number of ether oxygens (including phenoxy) is 2. The van der Waals surface area contributed by atoms with Gasteiger partial charge in [-0.25, -0.2) is 0 Å². The summed E-state index contributed by atoms with van der Waals surface area (Å²) in [6.07, 6.45) is 2.41. The first-order valence-electron chi connectivity index (χ1n) is 7.98. The van der Waals surface area contributed by atoms with E-state index in [9.17, 15) is 5.11 Å². The molecule has 2 heterocycles. The van der Waals surface area contributed by atoms with Gasteiger partial charge in [0.1, 0.15) is 0 Å². The molecule has 0 radical (unpaired) electrons. The van der Waals surface area contributed by atoms with Crippen LogP contribution in [0.2, 0.25) is 0 Å². The lowest BCUT2D eigenvalue weighted by Crippen LogP contribution is -2.46. The third kappa shape index (κ3) is 3.46. The molecule has 0 amide bonds. The molecule has 4 nitrogen and oxygen atoms in total. The number of benzene rings is 1. The molecule has 21 heavy (non-hydrogen) atoms. The van der Waals surface area contributed by atoms with Crippen LogP contribution in [0.25, 0.3) is 0 Å². The minimum atomic E-state index is -0.421. The molecule has 0 bridgehead atoms. The largest absolute Gasteiger partial charge is 0.387 e. The van der Waals surface area contributed by atoms with Gasteiger partial charge < -0.3 is 19.5 Å². The van der Waals surface area contributed by atoms with Gasteiger partial charge in [0.05, 0.1) is 19.3 Å². The van der Waals surface area contributed by atoms with E-state index < -0.39 is 6.10 Å². The average molecular weight is 291 g/mol. The standard InChI is InChI=1S/C17H25NO3/c1-2-14-3-5-15(6-4-14)16(19)13-18-9-7-17(8-10-18)20-11-12-21-17/h3-6,16,19H,2,7-13H2,1H3. The van der Waals surface area contributed by atoms with E-state index in [0.717, 1.165) is 37.9 Å². The van der Waals surface area contributed by atoms with E-state index in [1.807, 2.05) is 12.1 Å². The lowest BCUT2D eigenvalue weighted by molar-refractivity contribution is -0.186. The summed E-state index contributed by atoms with van der Waals surface area (Å²) in [4.78, 5) is 2.30. The van der Waals surface area contributed by atoms with E-state index >= 15 is 0 Å². The maximum absolute atomic E-state index is 10.4. The summed E-state index contributed by atoms with van der Waals surface area (Å²) >= 11 is 0.